The molecule has 10 heteroatoms. The summed E-state index contributed by atoms with van der Waals surface area (Å²) in [5, 5.41) is 9.53. The summed E-state index contributed by atoms with van der Waals surface area (Å²) < 4.78 is 31.8. The second-order valence-electron chi connectivity index (χ2n) is 8.85. The van der Waals surface area contributed by atoms with Gasteiger partial charge in [0.25, 0.3) is 0 Å². The van der Waals surface area contributed by atoms with Crippen molar-refractivity contribution in [1.29, 1.82) is 0 Å². The monoisotopic (exact) mass is 480 g/mol. The average molecular weight is 481 g/mol. The molecule has 0 N–H and O–H groups in total. The van der Waals surface area contributed by atoms with Gasteiger partial charge in [-0.3, -0.25) is 9.36 Å². The number of carbonyl (C=O) groups is 1. The van der Waals surface area contributed by atoms with Gasteiger partial charge in [-0.2, -0.15) is 0 Å². The molecule has 32 heavy (non-hydrogen) atoms. The third-order valence-electron chi connectivity index (χ3n) is 6.63. The van der Waals surface area contributed by atoms with E-state index in [2.05, 4.69) is 14.8 Å². The highest BCUT2D eigenvalue weighted by atomic mass is 32.2. The van der Waals surface area contributed by atoms with Gasteiger partial charge in [-0.25, -0.2) is 8.42 Å². The van der Waals surface area contributed by atoms with E-state index in [0.29, 0.717) is 24.0 Å². The van der Waals surface area contributed by atoms with E-state index in [4.69, 9.17) is 4.42 Å². The Balaban J connectivity index is 1.53. The van der Waals surface area contributed by atoms with E-state index in [1.165, 1.54) is 31.0 Å². The van der Waals surface area contributed by atoms with Crippen molar-refractivity contribution < 1.29 is 17.6 Å². The lowest BCUT2D eigenvalue weighted by molar-refractivity contribution is -0.132. The number of hydrogen-bond donors (Lipinski definition) is 0. The number of sulfone groups is 1. The summed E-state index contributed by atoms with van der Waals surface area (Å²) in [6.07, 6.45) is 8.63. The molecule has 2 aromatic rings. The fraction of sp³-hybridized carbons (Fsp3) is 0.682. The predicted octanol–water partition coefficient (Wildman–Crippen LogP) is 3.95. The topological polar surface area (TPSA) is 98.3 Å². The van der Waals surface area contributed by atoms with Crippen LogP contribution in [0.3, 0.4) is 0 Å². The molecule has 1 aliphatic carbocycles. The molecule has 0 bridgehead atoms. The highest BCUT2D eigenvalue weighted by molar-refractivity contribution is 7.99. The number of carbonyl (C=O) groups excluding carboxylic acids is 1. The smallest absolute Gasteiger partial charge is 0.233 e. The van der Waals surface area contributed by atoms with Gasteiger partial charge >= 0.3 is 0 Å². The lowest BCUT2D eigenvalue weighted by Crippen LogP contribution is -2.47. The number of thioether (sulfide) groups is 1. The van der Waals surface area contributed by atoms with Crippen LogP contribution >= 0.6 is 11.8 Å². The molecule has 2 atom stereocenters. The van der Waals surface area contributed by atoms with Crippen molar-refractivity contribution in [3.8, 4) is 11.6 Å². The van der Waals surface area contributed by atoms with E-state index in [1.54, 1.807) is 11.2 Å². The van der Waals surface area contributed by atoms with E-state index < -0.39 is 9.84 Å². The van der Waals surface area contributed by atoms with Crippen LogP contribution in [0, 0.1) is 0 Å². The molecule has 2 fully saturated rings. The Kier molecular flexibility index (Phi) is 7.29. The first kappa shape index (κ1) is 23.4. The normalized spacial score (nSPS) is 22.1. The van der Waals surface area contributed by atoms with Gasteiger partial charge in [-0.15, -0.1) is 10.2 Å². The third kappa shape index (κ3) is 5.06. The maximum absolute atomic E-state index is 13.3. The molecule has 0 aromatic carbocycles. The van der Waals surface area contributed by atoms with Crippen LogP contribution in [0.15, 0.2) is 28.0 Å². The van der Waals surface area contributed by atoms with E-state index in [1.807, 2.05) is 26.0 Å². The summed E-state index contributed by atoms with van der Waals surface area (Å²) in [6.45, 7) is 4.02. The van der Waals surface area contributed by atoms with Gasteiger partial charge < -0.3 is 9.32 Å². The quantitative estimate of drug-likeness (QED) is 0.528. The molecule has 2 aliphatic rings. The van der Waals surface area contributed by atoms with Crippen LogP contribution in [0.4, 0.5) is 0 Å². The zero-order valence-corrected chi connectivity index (χ0v) is 20.4. The minimum absolute atomic E-state index is 0.00343. The zero-order chi connectivity index (χ0) is 22.7. The molecule has 0 spiro atoms. The van der Waals surface area contributed by atoms with Gasteiger partial charge in [0.15, 0.2) is 20.8 Å². The average Bonchev–Trinajstić information content (AvgIpc) is 3.52. The Morgan fingerprint density at radius 3 is 2.69 bits per heavy atom. The minimum atomic E-state index is -3.06. The lowest BCUT2D eigenvalue weighted by Gasteiger charge is -2.33. The van der Waals surface area contributed by atoms with Crippen molar-refractivity contribution >= 4 is 27.5 Å². The van der Waals surface area contributed by atoms with E-state index in [9.17, 15) is 13.2 Å². The molecule has 1 aliphatic heterocycles. The molecule has 1 saturated carbocycles. The molecule has 1 saturated heterocycles. The number of aromatic nitrogens is 3. The fourth-order valence-electron chi connectivity index (χ4n) is 4.82. The number of hydrogen-bond acceptors (Lipinski definition) is 7. The number of amides is 1. The maximum Gasteiger partial charge on any atom is 0.233 e. The van der Waals surface area contributed by atoms with E-state index in [-0.39, 0.29) is 35.2 Å². The van der Waals surface area contributed by atoms with Crippen molar-refractivity contribution in [3.05, 3.63) is 18.4 Å². The van der Waals surface area contributed by atoms with Crippen molar-refractivity contribution in [1.82, 2.24) is 19.7 Å². The third-order valence-corrected chi connectivity index (χ3v) is 9.30. The van der Waals surface area contributed by atoms with Gasteiger partial charge in [0, 0.05) is 18.1 Å². The Bertz CT molecular complexity index is 1010. The zero-order valence-electron chi connectivity index (χ0n) is 18.8. The van der Waals surface area contributed by atoms with Crippen LogP contribution in [0.5, 0.6) is 0 Å². The SMILES string of the molecule is CCC(C)N(C(=O)CSc1nnc(-c2ccco2)n1C1CCCCC1)C1CCS(=O)(=O)C1. The van der Waals surface area contributed by atoms with Crippen LogP contribution in [0.2, 0.25) is 0 Å². The van der Waals surface area contributed by atoms with Crippen LogP contribution < -0.4 is 0 Å². The standard InChI is InChI=1S/C22H32N4O4S2/c1-3-16(2)25(18-11-13-32(28,29)15-18)20(27)14-31-22-24-23-21(19-10-7-12-30-19)26(22)17-8-5-4-6-9-17/h7,10,12,16-18H,3-6,8-9,11,13-15H2,1-2H3. The van der Waals surface area contributed by atoms with Crippen LogP contribution in [-0.2, 0) is 14.6 Å². The molecule has 4 rings (SSSR count). The van der Waals surface area contributed by atoms with E-state index in [0.717, 1.165) is 24.4 Å². The van der Waals surface area contributed by atoms with Crippen molar-refractivity contribution in [2.45, 2.75) is 82.1 Å². The molecule has 0 radical (unpaired) electrons. The highest BCUT2D eigenvalue weighted by Gasteiger charge is 2.36. The van der Waals surface area contributed by atoms with Gasteiger partial charge in [0.2, 0.25) is 11.7 Å². The molecule has 8 nitrogen and oxygen atoms in total. The van der Waals surface area contributed by atoms with Gasteiger partial charge in [0.05, 0.1) is 23.5 Å². The first-order valence-electron chi connectivity index (χ1n) is 11.5. The molecule has 1 amide bonds. The second-order valence-corrected chi connectivity index (χ2v) is 12.0. The number of nitrogens with zero attached hydrogens (tertiary/aromatic N) is 4. The van der Waals surface area contributed by atoms with Gasteiger partial charge in [-0.1, -0.05) is 37.9 Å². The number of rotatable bonds is 8. The van der Waals surface area contributed by atoms with Gasteiger partial charge in [-0.05, 0) is 44.7 Å². The lowest BCUT2D eigenvalue weighted by atomic mass is 9.95. The summed E-state index contributed by atoms with van der Waals surface area (Å²) in [5.74, 6) is 1.78. The summed E-state index contributed by atoms with van der Waals surface area (Å²) in [5.41, 5.74) is 0. The Hall–Kier alpha value is -1.81. The first-order chi connectivity index (χ1) is 15.4. The fourth-order valence-corrected chi connectivity index (χ4v) is 7.41. The van der Waals surface area contributed by atoms with E-state index >= 15 is 0 Å². The van der Waals surface area contributed by atoms with Crippen LogP contribution in [-0.4, -0.2) is 63.3 Å². The van der Waals surface area contributed by atoms with Crippen LogP contribution in [0.1, 0.15) is 64.8 Å². The molecule has 176 valence electrons. The maximum atomic E-state index is 13.3. The Morgan fingerprint density at radius 2 is 2.06 bits per heavy atom. The largest absolute Gasteiger partial charge is 0.461 e. The molecule has 2 unspecified atom stereocenters. The summed E-state index contributed by atoms with van der Waals surface area (Å²) in [7, 11) is -3.06. The van der Waals surface area contributed by atoms with Crippen LogP contribution in [0.25, 0.3) is 11.6 Å². The van der Waals surface area contributed by atoms with Crippen molar-refractivity contribution in [2.75, 3.05) is 17.3 Å². The number of furan rings is 1. The van der Waals surface area contributed by atoms with Crippen molar-refractivity contribution in [2.24, 2.45) is 0 Å². The summed E-state index contributed by atoms with van der Waals surface area (Å²) >= 11 is 1.39. The van der Waals surface area contributed by atoms with Crippen molar-refractivity contribution in [3.63, 3.8) is 0 Å². The molecular formula is C22H32N4O4S2. The Labute approximate surface area is 194 Å². The summed E-state index contributed by atoms with van der Waals surface area (Å²) in [6, 6.07) is 3.77. The Morgan fingerprint density at radius 1 is 1.28 bits per heavy atom. The molecule has 3 heterocycles. The minimum Gasteiger partial charge on any atom is -0.461 e. The first-order valence-corrected chi connectivity index (χ1v) is 14.3. The summed E-state index contributed by atoms with van der Waals surface area (Å²) in [4.78, 5) is 15.1. The highest BCUT2D eigenvalue weighted by Crippen LogP contribution is 2.36. The molecule has 2 aromatic heterocycles. The van der Waals surface area contributed by atoms with Gasteiger partial charge in [0.1, 0.15) is 0 Å². The second kappa shape index (κ2) is 9.99. The molecular weight excluding hydrogens is 448 g/mol. The predicted molar refractivity (Wildman–Crippen MR) is 124 cm³/mol.